The number of ketones is 1. The van der Waals surface area contributed by atoms with Gasteiger partial charge in [-0.25, -0.2) is 4.39 Å². The topological polar surface area (TPSA) is 69.8 Å². The first-order valence-corrected chi connectivity index (χ1v) is 16.5. The van der Waals surface area contributed by atoms with Crippen molar-refractivity contribution in [1.82, 2.24) is 4.98 Å². The van der Waals surface area contributed by atoms with Crippen LogP contribution in [0.1, 0.15) is 75.6 Å². The highest BCUT2D eigenvalue weighted by Crippen LogP contribution is 2.45. The average molecular weight is 554 g/mol. The summed E-state index contributed by atoms with van der Waals surface area (Å²) < 4.78 is 39.0. The van der Waals surface area contributed by atoms with E-state index in [0.717, 1.165) is 16.6 Å². The van der Waals surface area contributed by atoms with E-state index in [1.807, 2.05) is 32.0 Å². The number of hydrogen-bond acceptors (Lipinski definition) is 5. The van der Waals surface area contributed by atoms with Crippen LogP contribution in [0.25, 0.3) is 10.9 Å². The fourth-order valence-electron chi connectivity index (χ4n) is 5.35. The highest BCUT2D eigenvalue weighted by Gasteiger charge is 2.45. The molecule has 8 heteroatoms. The summed E-state index contributed by atoms with van der Waals surface area (Å²) in [7, 11) is -1.95. The molecule has 3 aromatic rings. The average Bonchev–Trinajstić information content (AvgIpc) is 3.36. The number of rotatable bonds is 6. The van der Waals surface area contributed by atoms with Gasteiger partial charge < -0.3 is 23.6 Å². The summed E-state index contributed by atoms with van der Waals surface area (Å²) >= 11 is 0. The summed E-state index contributed by atoms with van der Waals surface area (Å²) in [5, 5.41) is 0.836. The third-order valence-electron chi connectivity index (χ3n) is 8.64. The van der Waals surface area contributed by atoms with Gasteiger partial charge in [-0.1, -0.05) is 34.6 Å². The van der Waals surface area contributed by atoms with Gasteiger partial charge in [0.25, 0.3) is 0 Å². The van der Waals surface area contributed by atoms with E-state index < -0.39 is 19.5 Å². The van der Waals surface area contributed by atoms with Gasteiger partial charge in [-0.3, -0.25) is 4.79 Å². The van der Waals surface area contributed by atoms with Crippen molar-refractivity contribution in [2.45, 2.75) is 90.0 Å². The molecule has 6 nitrogen and oxygen atoms in total. The molecule has 1 aliphatic carbocycles. The third-order valence-corrected chi connectivity index (χ3v) is 13.1. The molecule has 0 spiro atoms. The Labute approximate surface area is 231 Å². The van der Waals surface area contributed by atoms with Crippen molar-refractivity contribution in [3.8, 4) is 5.75 Å². The van der Waals surface area contributed by atoms with E-state index in [-0.39, 0.29) is 28.8 Å². The number of carbonyl (C=O) groups is 1. The number of hydrogen-bond donors (Lipinski definition) is 1. The zero-order valence-corrected chi connectivity index (χ0v) is 25.5. The first-order chi connectivity index (χ1) is 18.0. The van der Waals surface area contributed by atoms with Crippen LogP contribution in [0.3, 0.4) is 0 Å². The normalized spacial score (nSPS) is 22.2. The van der Waals surface area contributed by atoms with Gasteiger partial charge in [0.15, 0.2) is 19.9 Å². The Hall–Kier alpha value is -2.52. The van der Waals surface area contributed by atoms with Crippen molar-refractivity contribution in [3.05, 3.63) is 64.6 Å². The summed E-state index contributed by atoms with van der Waals surface area (Å²) in [4.78, 5) is 16.9. The molecule has 0 radical (unpaired) electrons. The Morgan fingerprint density at radius 2 is 1.67 bits per heavy atom. The second-order valence-electron chi connectivity index (χ2n) is 13.3. The lowest BCUT2D eigenvalue weighted by molar-refractivity contribution is -0.150. The quantitative estimate of drug-likeness (QED) is 0.330. The number of halogens is 1. The Morgan fingerprint density at radius 1 is 1.00 bits per heavy atom. The van der Waals surface area contributed by atoms with Crippen LogP contribution in [0.2, 0.25) is 18.1 Å². The molecule has 2 heterocycles. The monoisotopic (exact) mass is 553 g/mol. The molecule has 2 atom stereocenters. The van der Waals surface area contributed by atoms with Crippen LogP contribution in [0, 0.1) is 5.82 Å². The fraction of sp³-hybridized carbons (Fsp3) is 0.516. The Balaban J connectivity index is 1.36. The number of fused-ring (bicyclic) bond motifs is 4. The van der Waals surface area contributed by atoms with Crippen LogP contribution in [-0.2, 0) is 19.3 Å². The maximum Gasteiger partial charge on any atom is 0.195 e. The molecule has 1 aliphatic heterocycles. The van der Waals surface area contributed by atoms with E-state index in [1.54, 1.807) is 6.07 Å². The van der Waals surface area contributed by atoms with Gasteiger partial charge in [-0.2, -0.15) is 0 Å². The lowest BCUT2D eigenvalue weighted by atomic mass is 9.71. The number of carbonyl (C=O) groups excluding carboxylic acids is 1. The maximum absolute atomic E-state index is 13.9. The highest BCUT2D eigenvalue weighted by molar-refractivity contribution is 6.74. The molecular formula is C31H40FNO5Si. The predicted molar refractivity (Wildman–Crippen MR) is 153 cm³/mol. The molecule has 2 aromatic carbocycles. The largest absolute Gasteiger partial charge is 0.491 e. The molecule has 0 amide bonds. The molecule has 0 bridgehead atoms. The predicted octanol–water partition coefficient (Wildman–Crippen LogP) is 7.10. The molecule has 1 fully saturated rings. The van der Waals surface area contributed by atoms with Gasteiger partial charge in [-0.05, 0) is 73.9 Å². The minimum Gasteiger partial charge on any atom is -0.491 e. The van der Waals surface area contributed by atoms with Gasteiger partial charge in [0.05, 0.1) is 12.2 Å². The van der Waals surface area contributed by atoms with E-state index in [2.05, 4.69) is 52.7 Å². The number of nitrogens with one attached hydrogen (secondary N) is 1. The standard InChI is InChI=1S/C31H40FNO5Si/c1-29(2,3)39(8,9)36-17-25-24(37-31(6,7)38-25)16-35-19-11-13-20-22(15-19)30(4,5)28-26(27(20)34)21-12-10-18(32)14-23(21)33-28/h10-15,24-25,33H,16-17H2,1-9H3/t24?,25-/m1/s1. The van der Waals surface area contributed by atoms with Crippen LogP contribution in [0.5, 0.6) is 5.75 Å². The lowest BCUT2D eigenvalue weighted by Crippen LogP contribution is -2.44. The van der Waals surface area contributed by atoms with E-state index in [0.29, 0.717) is 35.6 Å². The van der Waals surface area contributed by atoms with Crippen LogP contribution < -0.4 is 4.74 Å². The Bertz CT molecular complexity index is 1430. The smallest absolute Gasteiger partial charge is 0.195 e. The van der Waals surface area contributed by atoms with E-state index in [9.17, 15) is 9.18 Å². The SMILES string of the molecule is CC1(C)OC(COc2ccc3c(c2)C(C)(C)c2[nH]c4cc(F)ccc4c2C3=O)[C@@H](CO[Si](C)(C)C(C)(C)C)O1. The van der Waals surface area contributed by atoms with Crippen molar-refractivity contribution >= 4 is 25.0 Å². The zero-order valence-electron chi connectivity index (χ0n) is 24.5. The van der Waals surface area contributed by atoms with Crippen molar-refractivity contribution in [2.75, 3.05) is 13.2 Å². The molecule has 2 aliphatic rings. The zero-order chi connectivity index (χ0) is 28.5. The molecule has 210 valence electrons. The van der Waals surface area contributed by atoms with E-state index >= 15 is 0 Å². The summed E-state index contributed by atoms with van der Waals surface area (Å²) in [5.74, 6) is -0.488. The fourth-order valence-corrected chi connectivity index (χ4v) is 6.36. The summed E-state index contributed by atoms with van der Waals surface area (Å²) in [5.41, 5.74) is 3.01. The Morgan fingerprint density at radius 3 is 2.33 bits per heavy atom. The van der Waals surface area contributed by atoms with Crippen molar-refractivity contribution in [2.24, 2.45) is 0 Å². The van der Waals surface area contributed by atoms with Gasteiger partial charge >= 0.3 is 0 Å². The van der Waals surface area contributed by atoms with E-state index in [1.165, 1.54) is 12.1 Å². The molecule has 1 aromatic heterocycles. The van der Waals surface area contributed by atoms with Gasteiger partial charge in [0, 0.05) is 27.6 Å². The number of ether oxygens (including phenoxy) is 3. The van der Waals surface area contributed by atoms with E-state index in [4.69, 9.17) is 18.6 Å². The van der Waals surface area contributed by atoms with Crippen LogP contribution >= 0.6 is 0 Å². The summed E-state index contributed by atoms with van der Waals surface area (Å²) in [6.07, 6.45) is -0.551. The Kier molecular flexibility index (Phi) is 6.65. The second-order valence-corrected chi connectivity index (χ2v) is 18.1. The number of aromatic nitrogens is 1. The lowest BCUT2D eigenvalue weighted by Gasteiger charge is -2.37. The third kappa shape index (κ3) is 4.97. The number of H-pyrrole nitrogens is 1. The van der Waals surface area contributed by atoms with Crippen LogP contribution in [0.4, 0.5) is 4.39 Å². The van der Waals surface area contributed by atoms with Crippen molar-refractivity contribution in [3.63, 3.8) is 0 Å². The van der Waals surface area contributed by atoms with Gasteiger partial charge in [0.2, 0.25) is 0 Å². The molecule has 1 saturated heterocycles. The number of benzene rings is 2. The first-order valence-electron chi connectivity index (χ1n) is 13.6. The van der Waals surface area contributed by atoms with Crippen molar-refractivity contribution < 1.29 is 27.8 Å². The highest BCUT2D eigenvalue weighted by atomic mass is 28.4. The number of aromatic amines is 1. The molecule has 1 unspecified atom stereocenters. The van der Waals surface area contributed by atoms with Gasteiger partial charge in [-0.15, -0.1) is 0 Å². The second kappa shape index (κ2) is 9.26. The summed E-state index contributed by atoms with van der Waals surface area (Å²) in [6, 6.07) is 10.1. The minimum atomic E-state index is -1.95. The molecule has 39 heavy (non-hydrogen) atoms. The van der Waals surface area contributed by atoms with Crippen LogP contribution in [-0.4, -0.2) is 50.3 Å². The van der Waals surface area contributed by atoms with Crippen LogP contribution in [0.15, 0.2) is 36.4 Å². The molecule has 5 rings (SSSR count). The van der Waals surface area contributed by atoms with Gasteiger partial charge in [0.1, 0.15) is 30.4 Å². The van der Waals surface area contributed by atoms with Crippen molar-refractivity contribution in [1.29, 1.82) is 0 Å². The first kappa shape index (κ1) is 28.0. The maximum atomic E-state index is 13.9. The molecule has 1 N–H and O–H groups in total. The summed E-state index contributed by atoms with van der Waals surface area (Å²) in [6.45, 7) is 19.8. The minimum absolute atomic E-state index is 0.0687. The molecule has 0 saturated carbocycles. The molecular weight excluding hydrogens is 513 g/mol.